The summed E-state index contributed by atoms with van der Waals surface area (Å²) in [5, 5.41) is 11.5. The number of aromatic nitrogens is 1. The molecule has 4 rings (SSSR count). The number of ether oxygens (including phenoxy) is 4. The summed E-state index contributed by atoms with van der Waals surface area (Å²) in [4.78, 5) is 42.8. The molecule has 0 saturated heterocycles. The monoisotopic (exact) mass is 553 g/mol. The van der Waals surface area contributed by atoms with Crippen LogP contribution in [0.15, 0.2) is 57.5 Å². The van der Waals surface area contributed by atoms with Crippen molar-refractivity contribution in [2.45, 2.75) is 26.8 Å². The summed E-state index contributed by atoms with van der Waals surface area (Å²) in [6.45, 7) is 5.77. The van der Waals surface area contributed by atoms with E-state index in [-0.39, 0.29) is 28.1 Å². The van der Waals surface area contributed by atoms with E-state index < -0.39 is 22.5 Å². The quantitative estimate of drug-likeness (QED) is 0.224. The Hall–Kier alpha value is -4.45. The Morgan fingerprint density at radius 1 is 1.10 bits per heavy atom. The minimum atomic E-state index is -0.849. The van der Waals surface area contributed by atoms with Crippen molar-refractivity contribution in [2.75, 3.05) is 27.4 Å². The van der Waals surface area contributed by atoms with Crippen LogP contribution in [0, 0.1) is 10.1 Å². The van der Waals surface area contributed by atoms with Crippen LogP contribution in [0.3, 0.4) is 0 Å². The van der Waals surface area contributed by atoms with Crippen molar-refractivity contribution in [1.82, 2.24) is 4.57 Å². The number of allylic oxidation sites excluding steroid dienone is 1. The summed E-state index contributed by atoms with van der Waals surface area (Å²) in [5.41, 5.74) is 1.05. The van der Waals surface area contributed by atoms with Gasteiger partial charge in [-0.1, -0.05) is 23.5 Å². The molecule has 1 aliphatic heterocycles. The number of nitro groups is 1. The van der Waals surface area contributed by atoms with Gasteiger partial charge in [0.25, 0.3) is 5.56 Å². The molecule has 1 atom stereocenters. The Balaban J connectivity index is 1.95. The van der Waals surface area contributed by atoms with Crippen LogP contribution in [0.2, 0.25) is 0 Å². The third-order valence-corrected chi connectivity index (χ3v) is 7.00. The summed E-state index contributed by atoms with van der Waals surface area (Å²) < 4.78 is 23.3. The molecule has 0 amide bonds. The van der Waals surface area contributed by atoms with Crippen LogP contribution in [0.1, 0.15) is 37.9 Å². The number of fused-ring (bicyclic) bond motifs is 1. The Morgan fingerprint density at radius 3 is 2.46 bits per heavy atom. The number of carbonyl (C=O) groups is 1. The van der Waals surface area contributed by atoms with E-state index in [0.29, 0.717) is 39.7 Å². The highest BCUT2D eigenvalue weighted by Gasteiger charge is 2.34. The number of methoxy groups -OCH3 is 2. The van der Waals surface area contributed by atoms with Crippen LogP contribution < -0.4 is 29.1 Å². The molecule has 0 N–H and O–H groups in total. The highest BCUT2D eigenvalue weighted by atomic mass is 32.1. The molecule has 0 fully saturated rings. The molecule has 2 heterocycles. The maximum atomic E-state index is 13.8. The van der Waals surface area contributed by atoms with E-state index in [0.717, 1.165) is 11.3 Å². The fourth-order valence-corrected chi connectivity index (χ4v) is 5.38. The Bertz CT molecular complexity index is 1650. The lowest BCUT2D eigenvalue weighted by molar-refractivity contribution is -0.385. The largest absolute Gasteiger partial charge is 0.493 e. The van der Waals surface area contributed by atoms with Crippen LogP contribution in [0.4, 0.5) is 5.69 Å². The van der Waals surface area contributed by atoms with Crippen molar-refractivity contribution >= 4 is 29.1 Å². The van der Waals surface area contributed by atoms with Gasteiger partial charge in [0.05, 0.1) is 54.2 Å². The molecule has 0 unspecified atom stereocenters. The number of benzene rings is 2. The molecule has 11 nitrogen and oxygen atoms in total. The Morgan fingerprint density at radius 2 is 1.82 bits per heavy atom. The number of hydrogen-bond donors (Lipinski definition) is 0. The number of carbonyl (C=O) groups excluding carboxylic acids is 1. The molecule has 2 aromatic carbocycles. The van der Waals surface area contributed by atoms with Crippen molar-refractivity contribution in [3.05, 3.63) is 88.6 Å². The van der Waals surface area contributed by atoms with E-state index >= 15 is 0 Å². The van der Waals surface area contributed by atoms with Crippen molar-refractivity contribution in [3.63, 3.8) is 0 Å². The first-order valence-electron chi connectivity index (χ1n) is 12.1. The molecule has 3 aromatic rings. The molecule has 0 bridgehead atoms. The number of nitrogens with zero attached hydrogens (tertiary/aromatic N) is 3. The lowest BCUT2D eigenvalue weighted by Crippen LogP contribution is -2.40. The zero-order valence-electron chi connectivity index (χ0n) is 22.0. The molecule has 204 valence electrons. The van der Waals surface area contributed by atoms with Crippen molar-refractivity contribution in [1.29, 1.82) is 0 Å². The Labute approximate surface area is 227 Å². The third kappa shape index (κ3) is 5.28. The molecular weight excluding hydrogens is 526 g/mol. The van der Waals surface area contributed by atoms with E-state index in [4.69, 9.17) is 18.9 Å². The minimum absolute atomic E-state index is 0.109. The summed E-state index contributed by atoms with van der Waals surface area (Å²) in [5.74, 6) is 0.492. The van der Waals surface area contributed by atoms with E-state index in [1.165, 1.54) is 30.9 Å². The summed E-state index contributed by atoms with van der Waals surface area (Å²) in [6.07, 6.45) is 1.55. The highest BCUT2D eigenvalue weighted by Crippen LogP contribution is 2.36. The summed E-state index contributed by atoms with van der Waals surface area (Å²) in [6, 6.07) is 8.78. The number of hydrogen-bond acceptors (Lipinski definition) is 10. The maximum Gasteiger partial charge on any atom is 0.338 e. The molecular formula is C27H27N3O8S. The zero-order chi connectivity index (χ0) is 28.3. The van der Waals surface area contributed by atoms with Gasteiger partial charge < -0.3 is 18.9 Å². The van der Waals surface area contributed by atoms with Gasteiger partial charge >= 0.3 is 11.7 Å². The van der Waals surface area contributed by atoms with E-state index in [2.05, 4.69) is 4.99 Å². The average Bonchev–Trinajstić information content (AvgIpc) is 3.22. The Kier molecular flexibility index (Phi) is 8.15. The van der Waals surface area contributed by atoms with Crippen LogP contribution in [0.5, 0.6) is 17.2 Å². The molecule has 0 spiro atoms. The van der Waals surface area contributed by atoms with Gasteiger partial charge in [-0.05, 0) is 56.2 Å². The lowest BCUT2D eigenvalue weighted by atomic mass is 9.95. The van der Waals surface area contributed by atoms with Gasteiger partial charge in [0.1, 0.15) is 0 Å². The molecule has 39 heavy (non-hydrogen) atoms. The smallest absolute Gasteiger partial charge is 0.338 e. The summed E-state index contributed by atoms with van der Waals surface area (Å²) >= 11 is 1.12. The van der Waals surface area contributed by atoms with Gasteiger partial charge in [-0.3, -0.25) is 19.5 Å². The first-order valence-corrected chi connectivity index (χ1v) is 12.9. The number of rotatable bonds is 9. The molecule has 12 heteroatoms. The van der Waals surface area contributed by atoms with Crippen LogP contribution >= 0.6 is 11.3 Å². The summed E-state index contributed by atoms with van der Waals surface area (Å²) in [7, 11) is 2.87. The van der Waals surface area contributed by atoms with Gasteiger partial charge in [-0.15, -0.1) is 0 Å². The molecule has 0 aliphatic carbocycles. The fourth-order valence-electron chi connectivity index (χ4n) is 4.33. The number of esters is 1. The predicted octanol–water partition coefficient (Wildman–Crippen LogP) is 3.12. The second-order valence-electron chi connectivity index (χ2n) is 8.33. The fraction of sp³-hybridized carbons (Fsp3) is 0.296. The number of nitro benzene ring substituents is 1. The highest BCUT2D eigenvalue weighted by molar-refractivity contribution is 7.07. The van der Waals surface area contributed by atoms with Crippen molar-refractivity contribution < 1.29 is 28.7 Å². The van der Waals surface area contributed by atoms with Crippen molar-refractivity contribution in [2.24, 2.45) is 4.99 Å². The second-order valence-corrected chi connectivity index (χ2v) is 9.34. The third-order valence-electron chi connectivity index (χ3n) is 6.02. The maximum absolute atomic E-state index is 13.8. The van der Waals surface area contributed by atoms with Crippen molar-refractivity contribution in [3.8, 4) is 17.2 Å². The molecule has 0 saturated carbocycles. The van der Waals surface area contributed by atoms with E-state index in [9.17, 15) is 19.7 Å². The zero-order valence-corrected chi connectivity index (χ0v) is 22.9. The van der Waals surface area contributed by atoms with Gasteiger partial charge in [-0.2, -0.15) is 0 Å². The molecule has 1 aliphatic rings. The SMILES string of the molecule is CCOC(=O)C1=C(C)N=c2s/c(=C\c3ccc(OC)c([N+](=O)[O-])c3)c(=O)n2[C@H]1c1ccc(OC)c(OCC)c1. The topological polar surface area (TPSA) is 131 Å². The number of thiazole rings is 1. The van der Waals surface area contributed by atoms with Gasteiger partial charge in [0.15, 0.2) is 22.0 Å². The van der Waals surface area contributed by atoms with E-state index in [1.54, 1.807) is 44.2 Å². The van der Waals surface area contributed by atoms with Gasteiger partial charge in [0.2, 0.25) is 0 Å². The van der Waals surface area contributed by atoms with Gasteiger partial charge in [-0.25, -0.2) is 9.79 Å². The van der Waals surface area contributed by atoms with Crippen LogP contribution in [-0.4, -0.2) is 42.9 Å². The average molecular weight is 554 g/mol. The van der Waals surface area contributed by atoms with E-state index in [1.807, 2.05) is 6.92 Å². The molecule has 1 aromatic heterocycles. The first-order chi connectivity index (χ1) is 18.7. The predicted molar refractivity (Wildman–Crippen MR) is 144 cm³/mol. The standard InChI is InChI=1S/C27H27N3O8S/c1-6-37-21-14-17(9-11-20(21)36-5)24-23(26(32)38-7-2)15(3)28-27-29(24)25(31)22(39-27)13-16-8-10-19(35-4)18(12-16)30(33)34/h8-14,24H,6-7H2,1-5H3/b22-13-/t24-/m0/s1. The second kappa shape index (κ2) is 11.5. The van der Waals surface area contributed by atoms with Crippen LogP contribution in [-0.2, 0) is 9.53 Å². The lowest BCUT2D eigenvalue weighted by Gasteiger charge is -2.25. The first kappa shape index (κ1) is 27.6. The van der Waals surface area contributed by atoms with Gasteiger partial charge in [0, 0.05) is 6.07 Å². The van der Waals surface area contributed by atoms with Crippen LogP contribution in [0.25, 0.3) is 6.08 Å². The minimum Gasteiger partial charge on any atom is -0.493 e. The molecule has 0 radical (unpaired) electrons. The normalized spacial score (nSPS) is 14.9.